The van der Waals surface area contributed by atoms with Gasteiger partial charge in [0.05, 0.1) is 6.61 Å². The van der Waals surface area contributed by atoms with Crippen molar-refractivity contribution in [3.63, 3.8) is 0 Å². The van der Waals surface area contributed by atoms with Crippen LogP contribution in [0.2, 0.25) is 0 Å². The Morgan fingerprint density at radius 3 is 2.75 bits per heavy atom. The fourth-order valence-electron chi connectivity index (χ4n) is 2.00. The summed E-state index contributed by atoms with van der Waals surface area (Å²) in [5, 5.41) is 11.6. The number of anilines is 1. The summed E-state index contributed by atoms with van der Waals surface area (Å²) in [4.78, 5) is 12.1. The summed E-state index contributed by atoms with van der Waals surface area (Å²) in [6.07, 6.45) is 0.701. The van der Waals surface area contributed by atoms with E-state index in [2.05, 4.69) is 5.32 Å². The van der Waals surface area contributed by atoms with Gasteiger partial charge in [0.2, 0.25) is 0 Å². The first-order valence-electron chi connectivity index (χ1n) is 7.23. The van der Waals surface area contributed by atoms with Gasteiger partial charge in [-0.1, -0.05) is 6.07 Å². The molecule has 0 heterocycles. The average molecular weight is 337 g/mol. The van der Waals surface area contributed by atoms with Crippen molar-refractivity contribution in [1.82, 2.24) is 0 Å². The van der Waals surface area contributed by atoms with Crippen LogP contribution in [0.4, 0.5) is 14.5 Å². The second kappa shape index (κ2) is 8.26. The molecule has 0 aliphatic rings. The number of carbonyl (C=O) groups excluding carboxylic acids is 1. The smallest absolute Gasteiger partial charge is 0.261 e. The quantitative estimate of drug-likeness (QED) is 0.761. The Labute approximate surface area is 137 Å². The topological polar surface area (TPSA) is 67.8 Å². The van der Waals surface area contributed by atoms with Gasteiger partial charge < -0.3 is 19.9 Å². The molecule has 7 heteroatoms. The summed E-state index contributed by atoms with van der Waals surface area (Å²) in [5.41, 5.74) is -0.534. The lowest BCUT2D eigenvalue weighted by molar-refractivity contribution is 0.101. The van der Waals surface area contributed by atoms with Gasteiger partial charge in [-0.15, -0.1) is 0 Å². The van der Waals surface area contributed by atoms with Crippen molar-refractivity contribution in [2.75, 3.05) is 25.6 Å². The van der Waals surface area contributed by atoms with E-state index in [1.807, 2.05) is 0 Å². The number of halogens is 2. The van der Waals surface area contributed by atoms with Gasteiger partial charge in [0.15, 0.2) is 11.6 Å². The Hall–Kier alpha value is -2.67. The highest BCUT2D eigenvalue weighted by Crippen LogP contribution is 2.24. The predicted octanol–water partition coefficient (Wildman–Crippen LogP) is 3.34. The van der Waals surface area contributed by atoms with E-state index in [1.165, 1.54) is 6.07 Å². The number of methoxy groups -OCH3 is 1. The first-order valence-corrected chi connectivity index (χ1v) is 7.23. The molecule has 0 spiro atoms. The molecular formula is C17H17F2NO4. The van der Waals surface area contributed by atoms with E-state index in [0.717, 1.165) is 12.1 Å². The fraction of sp³-hybridized carbons (Fsp3) is 0.235. The third-order valence-electron chi connectivity index (χ3n) is 3.15. The van der Waals surface area contributed by atoms with Gasteiger partial charge in [-0.05, 0) is 24.3 Å². The Bertz CT molecular complexity index is 722. The number of carbonyl (C=O) groups is 1. The van der Waals surface area contributed by atoms with Crippen molar-refractivity contribution in [3.8, 4) is 11.5 Å². The van der Waals surface area contributed by atoms with Gasteiger partial charge in [0.25, 0.3) is 5.91 Å². The minimum absolute atomic E-state index is 0.311. The highest BCUT2D eigenvalue weighted by atomic mass is 19.1. The fourth-order valence-corrected chi connectivity index (χ4v) is 2.00. The second-order valence-corrected chi connectivity index (χ2v) is 4.93. The van der Waals surface area contributed by atoms with Crippen molar-refractivity contribution in [2.24, 2.45) is 0 Å². The molecule has 5 nitrogen and oxygen atoms in total. The van der Waals surface area contributed by atoms with E-state index in [9.17, 15) is 18.7 Å². The summed E-state index contributed by atoms with van der Waals surface area (Å²) in [6.45, 7) is 0.994. The van der Waals surface area contributed by atoms with E-state index in [4.69, 9.17) is 9.47 Å². The van der Waals surface area contributed by atoms with E-state index in [1.54, 1.807) is 25.3 Å². The number of nitrogens with one attached hydrogen (secondary N) is 1. The van der Waals surface area contributed by atoms with Gasteiger partial charge >= 0.3 is 0 Å². The number of phenolic OH excluding ortho intramolecular Hbond substituents is 1. The first-order chi connectivity index (χ1) is 11.5. The SMILES string of the molecule is COCCCOc1cccc(NC(=O)c2c(F)ccc(O)c2F)c1. The van der Waals surface area contributed by atoms with Crippen LogP contribution >= 0.6 is 0 Å². The van der Waals surface area contributed by atoms with Gasteiger partial charge in [-0.25, -0.2) is 8.78 Å². The summed E-state index contributed by atoms with van der Waals surface area (Å²) in [7, 11) is 1.59. The van der Waals surface area contributed by atoms with E-state index in [-0.39, 0.29) is 0 Å². The molecule has 2 N–H and O–H groups in total. The molecule has 2 aromatic carbocycles. The molecule has 0 atom stereocenters. The van der Waals surface area contributed by atoms with Crippen LogP contribution in [0.3, 0.4) is 0 Å². The van der Waals surface area contributed by atoms with Crippen molar-refractivity contribution >= 4 is 11.6 Å². The maximum atomic E-state index is 13.7. The molecule has 0 unspecified atom stereocenters. The molecule has 2 aromatic rings. The van der Waals surface area contributed by atoms with Gasteiger partial charge in [-0.2, -0.15) is 0 Å². The van der Waals surface area contributed by atoms with Gasteiger partial charge in [0.1, 0.15) is 17.1 Å². The van der Waals surface area contributed by atoms with E-state index in [0.29, 0.717) is 31.1 Å². The third kappa shape index (κ3) is 4.42. The lowest BCUT2D eigenvalue weighted by atomic mass is 10.1. The maximum Gasteiger partial charge on any atom is 0.261 e. The van der Waals surface area contributed by atoms with Crippen molar-refractivity contribution in [3.05, 3.63) is 53.6 Å². The highest BCUT2D eigenvalue weighted by molar-refractivity contribution is 6.05. The Kier molecular flexibility index (Phi) is 6.08. The zero-order chi connectivity index (χ0) is 17.5. The molecule has 2 rings (SSSR count). The number of aromatic hydroxyl groups is 1. The molecule has 0 radical (unpaired) electrons. The van der Waals surface area contributed by atoms with Crippen LogP contribution in [0, 0.1) is 11.6 Å². The Morgan fingerprint density at radius 1 is 1.21 bits per heavy atom. The Morgan fingerprint density at radius 2 is 2.00 bits per heavy atom. The molecule has 0 aliphatic carbocycles. The van der Waals surface area contributed by atoms with Crippen molar-refractivity contribution in [2.45, 2.75) is 6.42 Å². The minimum atomic E-state index is -1.31. The molecule has 0 saturated heterocycles. The zero-order valence-corrected chi connectivity index (χ0v) is 13.0. The molecule has 0 saturated carbocycles. The normalized spacial score (nSPS) is 10.5. The Balaban J connectivity index is 2.08. The number of benzene rings is 2. The van der Waals surface area contributed by atoms with Crippen molar-refractivity contribution in [1.29, 1.82) is 0 Å². The van der Waals surface area contributed by atoms with Crippen LogP contribution in [0.1, 0.15) is 16.8 Å². The second-order valence-electron chi connectivity index (χ2n) is 4.93. The highest BCUT2D eigenvalue weighted by Gasteiger charge is 2.20. The average Bonchev–Trinajstić information content (AvgIpc) is 2.56. The summed E-state index contributed by atoms with van der Waals surface area (Å²) < 4.78 is 37.8. The summed E-state index contributed by atoms with van der Waals surface area (Å²) in [6, 6.07) is 8.08. The van der Waals surface area contributed by atoms with Crippen LogP contribution in [-0.4, -0.2) is 31.3 Å². The maximum absolute atomic E-state index is 13.7. The van der Waals surface area contributed by atoms with Crippen LogP contribution in [0.5, 0.6) is 11.5 Å². The number of hydrogen-bond donors (Lipinski definition) is 2. The zero-order valence-electron chi connectivity index (χ0n) is 13.0. The lowest BCUT2D eigenvalue weighted by Gasteiger charge is -2.10. The first kappa shape index (κ1) is 17.7. The number of rotatable bonds is 7. The number of phenols is 1. The van der Waals surface area contributed by atoms with Crippen molar-refractivity contribution < 1.29 is 28.2 Å². The predicted molar refractivity (Wildman–Crippen MR) is 84.4 cm³/mol. The van der Waals surface area contributed by atoms with Crippen LogP contribution in [0.25, 0.3) is 0 Å². The van der Waals surface area contributed by atoms with Crippen LogP contribution < -0.4 is 10.1 Å². The molecule has 0 bridgehead atoms. The summed E-state index contributed by atoms with van der Waals surface area (Å²) in [5.74, 6) is -3.66. The van der Waals surface area contributed by atoms with Crippen LogP contribution in [-0.2, 0) is 4.74 Å². The molecule has 0 aliphatic heterocycles. The largest absolute Gasteiger partial charge is 0.505 e. The molecule has 0 aromatic heterocycles. The third-order valence-corrected chi connectivity index (χ3v) is 3.15. The summed E-state index contributed by atoms with van der Waals surface area (Å²) >= 11 is 0. The van der Waals surface area contributed by atoms with Gasteiger partial charge in [0, 0.05) is 31.9 Å². The lowest BCUT2D eigenvalue weighted by Crippen LogP contribution is -2.16. The van der Waals surface area contributed by atoms with E-state index >= 15 is 0 Å². The van der Waals surface area contributed by atoms with Crippen LogP contribution in [0.15, 0.2) is 36.4 Å². The monoisotopic (exact) mass is 337 g/mol. The standard InChI is InChI=1S/C17H17F2NO4/c1-23-8-3-9-24-12-5-2-4-11(10-12)20-17(22)15-13(18)6-7-14(21)16(15)19/h2,4-7,10,21H,3,8-9H2,1H3,(H,20,22). The van der Waals surface area contributed by atoms with E-state index < -0.39 is 28.9 Å². The molecule has 1 amide bonds. The van der Waals surface area contributed by atoms with Gasteiger partial charge in [-0.3, -0.25) is 4.79 Å². The molecular weight excluding hydrogens is 320 g/mol. The number of hydrogen-bond acceptors (Lipinski definition) is 4. The number of ether oxygens (including phenoxy) is 2. The number of amides is 1. The molecule has 24 heavy (non-hydrogen) atoms. The molecule has 0 fully saturated rings. The minimum Gasteiger partial charge on any atom is -0.505 e. The molecule has 128 valence electrons.